The molecule has 0 aliphatic carbocycles. The molecule has 0 aliphatic rings. The van der Waals surface area contributed by atoms with Crippen molar-refractivity contribution in [2.45, 2.75) is 32.4 Å². The van der Waals surface area contributed by atoms with Crippen LogP contribution < -0.4 is 14.8 Å². The minimum Gasteiger partial charge on any atom is -0.493 e. The lowest BCUT2D eigenvalue weighted by Gasteiger charge is -2.28. The van der Waals surface area contributed by atoms with E-state index in [-0.39, 0.29) is 18.2 Å². The van der Waals surface area contributed by atoms with Gasteiger partial charge in [-0.15, -0.1) is 0 Å². The van der Waals surface area contributed by atoms with Gasteiger partial charge >= 0.3 is 0 Å². The molecule has 2 amide bonds. The van der Waals surface area contributed by atoms with Gasteiger partial charge in [-0.1, -0.05) is 34.1 Å². The van der Waals surface area contributed by atoms with E-state index in [1.165, 1.54) is 0 Å². The lowest BCUT2D eigenvalue weighted by Crippen LogP contribution is -2.46. The number of ether oxygens (including phenoxy) is 2. The van der Waals surface area contributed by atoms with Gasteiger partial charge in [0.05, 0.1) is 14.2 Å². The third-order valence-electron chi connectivity index (χ3n) is 4.73. The van der Waals surface area contributed by atoms with E-state index in [1.807, 2.05) is 42.5 Å². The van der Waals surface area contributed by atoms with Gasteiger partial charge in [0.2, 0.25) is 11.8 Å². The van der Waals surface area contributed by atoms with Crippen LogP contribution in [0.5, 0.6) is 11.5 Å². The topological polar surface area (TPSA) is 67.9 Å². The normalized spacial score (nSPS) is 11.5. The molecular formula is C22H27BrN2O4. The number of carbonyl (C=O) groups excluding carboxylic acids is 2. The summed E-state index contributed by atoms with van der Waals surface area (Å²) in [6.45, 7) is 2.10. The first kappa shape index (κ1) is 22.7. The van der Waals surface area contributed by atoms with E-state index >= 15 is 0 Å². The number of hydrogen-bond acceptors (Lipinski definition) is 4. The molecule has 6 nitrogen and oxygen atoms in total. The maximum absolute atomic E-state index is 13.0. The number of rotatable bonds is 9. The molecule has 7 heteroatoms. The Kier molecular flexibility index (Phi) is 8.51. The minimum atomic E-state index is -0.572. The first-order valence-corrected chi connectivity index (χ1v) is 10.1. The maximum atomic E-state index is 13.0. The molecule has 0 bridgehead atoms. The van der Waals surface area contributed by atoms with Gasteiger partial charge in [-0.2, -0.15) is 0 Å². The molecule has 1 atom stereocenters. The fourth-order valence-electron chi connectivity index (χ4n) is 3.05. The van der Waals surface area contributed by atoms with Crippen molar-refractivity contribution < 1.29 is 19.1 Å². The molecule has 0 saturated carbocycles. The monoisotopic (exact) mass is 462 g/mol. The molecule has 0 aromatic heterocycles. The van der Waals surface area contributed by atoms with Crippen molar-refractivity contribution in [2.24, 2.45) is 0 Å². The number of benzene rings is 2. The Morgan fingerprint density at radius 1 is 1.07 bits per heavy atom. The fourth-order valence-corrected chi connectivity index (χ4v) is 3.50. The van der Waals surface area contributed by atoms with Gasteiger partial charge in [0.1, 0.15) is 6.04 Å². The lowest BCUT2D eigenvalue weighted by atomic mass is 10.1. The van der Waals surface area contributed by atoms with Gasteiger partial charge in [0, 0.05) is 24.5 Å². The van der Waals surface area contributed by atoms with Crippen LogP contribution in [0, 0.1) is 0 Å². The highest BCUT2D eigenvalue weighted by Gasteiger charge is 2.25. The maximum Gasteiger partial charge on any atom is 0.242 e. The van der Waals surface area contributed by atoms with E-state index in [1.54, 1.807) is 33.1 Å². The third kappa shape index (κ3) is 6.22. The number of nitrogens with one attached hydrogen (secondary N) is 1. The highest BCUT2D eigenvalue weighted by molar-refractivity contribution is 9.10. The Balaban J connectivity index is 2.15. The molecule has 2 aromatic carbocycles. The molecular weight excluding hydrogens is 436 g/mol. The summed E-state index contributed by atoms with van der Waals surface area (Å²) in [5.41, 5.74) is 1.92. The minimum absolute atomic E-state index is 0.0872. The van der Waals surface area contributed by atoms with E-state index in [4.69, 9.17) is 9.47 Å². The first-order chi connectivity index (χ1) is 13.9. The van der Waals surface area contributed by atoms with Gasteiger partial charge in [-0.25, -0.2) is 0 Å². The molecule has 0 spiro atoms. The summed E-state index contributed by atoms with van der Waals surface area (Å²) < 4.78 is 11.5. The van der Waals surface area contributed by atoms with Crippen molar-refractivity contribution in [1.82, 2.24) is 10.2 Å². The molecule has 156 valence electrons. The van der Waals surface area contributed by atoms with Gasteiger partial charge in [-0.05, 0) is 48.7 Å². The summed E-state index contributed by atoms with van der Waals surface area (Å²) in [6.07, 6.45) is 0.819. The predicted molar refractivity (Wildman–Crippen MR) is 116 cm³/mol. The molecule has 29 heavy (non-hydrogen) atoms. The molecule has 1 N–H and O–H groups in total. The van der Waals surface area contributed by atoms with Crippen LogP contribution in [-0.4, -0.2) is 44.0 Å². The Labute approximate surface area is 180 Å². The van der Waals surface area contributed by atoms with Gasteiger partial charge in [0.15, 0.2) is 11.5 Å². The second kappa shape index (κ2) is 10.9. The van der Waals surface area contributed by atoms with E-state index < -0.39 is 6.04 Å². The van der Waals surface area contributed by atoms with Crippen molar-refractivity contribution in [2.75, 3.05) is 21.3 Å². The first-order valence-electron chi connectivity index (χ1n) is 9.36. The SMILES string of the molecule is CNC(=O)[C@H](C)N(Cc1cccc(Br)c1)C(=O)CCc1ccc(OC)c(OC)c1. The molecule has 0 aliphatic heterocycles. The highest BCUT2D eigenvalue weighted by atomic mass is 79.9. The zero-order chi connectivity index (χ0) is 21.4. The van der Waals surface area contributed by atoms with Crippen LogP contribution in [0.3, 0.4) is 0 Å². The van der Waals surface area contributed by atoms with Crippen LogP contribution in [0.2, 0.25) is 0 Å². The number of aryl methyl sites for hydroxylation is 1. The number of amides is 2. The van der Waals surface area contributed by atoms with E-state index in [0.29, 0.717) is 24.5 Å². The quantitative estimate of drug-likeness (QED) is 0.618. The third-order valence-corrected chi connectivity index (χ3v) is 5.22. The summed E-state index contributed by atoms with van der Waals surface area (Å²) in [5.74, 6) is 0.990. The second-order valence-electron chi connectivity index (χ2n) is 6.63. The Hall–Kier alpha value is -2.54. The number of halogens is 1. The number of methoxy groups -OCH3 is 2. The summed E-state index contributed by atoms with van der Waals surface area (Å²) in [5, 5.41) is 2.63. The van der Waals surface area contributed by atoms with Crippen molar-refractivity contribution in [1.29, 1.82) is 0 Å². The number of hydrogen-bond donors (Lipinski definition) is 1. The van der Waals surface area contributed by atoms with Gasteiger partial charge in [0.25, 0.3) is 0 Å². The summed E-state index contributed by atoms with van der Waals surface area (Å²) in [6, 6.07) is 12.8. The van der Waals surface area contributed by atoms with E-state index in [2.05, 4.69) is 21.2 Å². The van der Waals surface area contributed by atoms with E-state index in [9.17, 15) is 9.59 Å². The zero-order valence-corrected chi connectivity index (χ0v) is 18.8. The van der Waals surface area contributed by atoms with E-state index in [0.717, 1.165) is 15.6 Å². The highest BCUT2D eigenvalue weighted by Crippen LogP contribution is 2.28. The molecule has 0 unspecified atom stereocenters. The van der Waals surface area contributed by atoms with Crippen LogP contribution in [0.1, 0.15) is 24.5 Å². The summed E-state index contributed by atoms with van der Waals surface area (Å²) in [7, 11) is 4.74. The summed E-state index contributed by atoms with van der Waals surface area (Å²) in [4.78, 5) is 26.8. The van der Waals surface area contributed by atoms with Gasteiger partial charge in [-0.3, -0.25) is 9.59 Å². The lowest BCUT2D eigenvalue weighted by molar-refractivity contribution is -0.140. The Morgan fingerprint density at radius 3 is 2.41 bits per heavy atom. The molecule has 0 fully saturated rings. The fraction of sp³-hybridized carbons (Fsp3) is 0.364. The predicted octanol–water partition coefficient (Wildman–Crippen LogP) is 3.56. The molecule has 0 radical (unpaired) electrons. The Bertz CT molecular complexity index is 856. The standard InChI is InChI=1S/C22H27BrN2O4/c1-15(22(27)24-2)25(14-17-6-5-7-18(23)12-17)21(26)11-9-16-8-10-19(28-3)20(13-16)29-4/h5-8,10,12-13,15H,9,11,14H2,1-4H3,(H,24,27)/t15-/m0/s1. The molecule has 0 heterocycles. The zero-order valence-electron chi connectivity index (χ0n) is 17.2. The average molecular weight is 463 g/mol. The number of carbonyl (C=O) groups is 2. The van der Waals surface area contributed by atoms with Crippen LogP contribution in [-0.2, 0) is 22.6 Å². The average Bonchev–Trinajstić information content (AvgIpc) is 2.74. The Morgan fingerprint density at radius 2 is 1.79 bits per heavy atom. The van der Waals surface area contributed by atoms with Crippen molar-refractivity contribution in [3.63, 3.8) is 0 Å². The van der Waals surface area contributed by atoms with Crippen molar-refractivity contribution in [3.8, 4) is 11.5 Å². The van der Waals surface area contributed by atoms with Crippen LogP contribution in [0.15, 0.2) is 46.9 Å². The molecule has 2 aromatic rings. The van der Waals surface area contributed by atoms with Crippen molar-refractivity contribution >= 4 is 27.7 Å². The molecule has 0 saturated heterocycles. The van der Waals surface area contributed by atoms with Crippen LogP contribution in [0.4, 0.5) is 0 Å². The smallest absolute Gasteiger partial charge is 0.242 e. The number of likely N-dealkylation sites (N-methyl/N-ethyl adjacent to an activating group) is 1. The summed E-state index contributed by atoms with van der Waals surface area (Å²) >= 11 is 3.45. The van der Waals surface area contributed by atoms with Gasteiger partial charge < -0.3 is 19.7 Å². The largest absolute Gasteiger partial charge is 0.493 e. The van der Waals surface area contributed by atoms with Crippen molar-refractivity contribution in [3.05, 3.63) is 58.1 Å². The van der Waals surface area contributed by atoms with Crippen LogP contribution >= 0.6 is 15.9 Å². The van der Waals surface area contributed by atoms with Crippen LogP contribution in [0.25, 0.3) is 0 Å². The molecule has 2 rings (SSSR count). The number of nitrogens with zero attached hydrogens (tertiary/aromatic N) is 1. The second-order valence-corrected chi connectivity index (χ2v) is 7.55.